The zero-order chi connectivity index (χ0) is 8.55. The van der Waals surface area contributed by atoms with E-state index in [-0.39, 0.29) is 0 Å². The lowest BCUT2D eigenvalue weighted by atomic mass is 10.3. The molecule has 0 fully saturated rings. The van der Waals surface area contributed by atoms with Crippen molar-refractivity contribution in [3.05, 3.63) is 35.8 Å². The summed E-state index contributed by atoms with van der Waals surface area (Å²) in [6, 6.07) is 3.54. The number of carbonyl (C=O) groups excluding carboxylic acids is 1. The fourth-order valence-electron chi connectivity index (χ4n) is 1.20. The predicted molar refractivity (Wildman–Crippen MR) is 45.3 cm³/mol. The Hall–Kier alpha value is -1.64. The number of aldehydes is 1. The Morgan fingerprint density at radius 1 is 1.58 bits per heavy atom. The molecule has 3 heteroatoms. The van der Waals surface area contributed by atoms with Gasteiger partial charge in [-0.15, -0.1) is 0 Å². The molecule has 0 saturated carbocycles. The minimum atomic E-state index is 0.660. The first-order chi connectivity index (χ1) is 5.81. The predicted octanol–water partition coefficient (Wildman–Crippen LogP) is 1.46. The number of nitrogens with zero attached hydrogens (tertiary/aromatic N) is 2. The van der Waals surface area contributed by atoms with Crippen molar-refractivity contribution in [3.63, 3.8) is 0 Å². The first-order valence-corrected chi connectivity index (χ1v) is 3.70. The topological polar surface area (TPSA) is 34.4 Å². The van der Waals surface area contributed by atoms with Crippen LogP contribution in [0.25, 0.3) is 5.65 Å². The highest BCUT2D eigenvalue weighted by Crippen LogP contribution is 2.06. The van der Waals surface area contributed by atoms with Crippen LogP contribution in [-0.4, -0.2) is 15.7 Å². The van der Waals surface area contributed by atoms with Crippen LogP contribution >= 0.6 is 0 Å². The third kappa shape index (κ3) is 0.906. The summed E-state index contributed by atoms with van der Waals surface area (Å²) in [6.07, 6.45) is 4.45. The van der Waals surface area contributed by atoms with Crippen LogP contribution in [0.1, 0.15) is 16.1 Å². The molecule has 0 unspecified atom stereocenters. The molecule has 60 valence electrons. The summed E-state index contributed by atoms with van der Waals surface area (Å²) < 4.78 is 1.94. The van der Waals surface area contributed by atoms with Crippen molar-refractivity contribution in [1.82, 2.24) is 9.38 Å². The van der Waals surface area contributed by atoms with E-state index in [1.807, 2.05) is 17.5 Å². The van der Waals surface area contributed by atoms with E-state index in [1.165, 1.54) is 0 Å². The quantitative estimate of drug-likeness (QED) is 0.592. The minimum Gasteiger partial charge on any atom is -0.304 e. The molecule has 0 radical (unpaired) electrons. The smallest absolute Gasteiger partial charge is 0.150 e. The van der Waals surface area contributed by atoms with Gasteiger partial charge in [0.05, 0.1) is 0 Å². The number of aryl methyl sites for hydroxylation is 1. The number of fused-ring (bicyclic) bond motifs is 1. The van der Waals surface area contributed by atoms with Crippen molar-refractivity contribution in [2.75, 3.05) is 0 Å². The van der Waals surface area contributed by atoms with Crippen molar-refractivity contribution >= 4 is 11.9 Å². The second kappa shape index (κ2) is 2.44. The van der Waals surface area contributed by atoms with Gasteiger partial charge in [-0.2, -0.15) is 0 Å². The summed E-state index contributed by atoms with van der Waals surface area (Å²) in [4.78, 5) is 14.6. The second-order valence-electron chi connectivity index (χ2n) is 2.71. The van der Waals surface area contributed by atoms with Gasteiger partial charge in [0.2, 0.25) is 0 Å². The molecular formula is C9H8N2O. The van der Waals surface area contributed by atoms with E-state index in [0.717, 1.165) is 17.6 Å². The fraction of sp³-hybridized carbons (Fsp3) is 0.111. The average Bonchev–Trinajstić information content (AvgIpc) is 2.47. The van der Waals surface area contributed by atoms with E-state index in [0.29, 0.717) is 5.56 Å². The van der Waals surface area contributed by atoms with Crippen molar-refractivity contribution in [1.29, 1.82) is 0 Å². The van der Waals surface area contributed by atoms with E-state index in [2.05, 4.69) is 4.98 Å². The molecule has 0 spiro atoms. The molecule has 0 bridgehead atoms. The maximum absolute atomic E-state index is 10.4. The second-order valence-corrected chi connectivity index (χ2v) is 2.71. The van der Waals surface area contributed by atoms with Crippen molar-refractivity contribution < 1.29 is 4.79 Å². The van der Waals surface area contributed by atoms with Crippen LogP contribution in [0, 0.1) is 6.92 Å². The van der Waals surface area contributed by atoms with Crippen LogP contribution in [0.2, 0.25) is 0 Å². The maximum atomic E-state index is 10.4. The van der Waals surface area contributed by atoms with Crippen LogP contribution in [0.3, 0.4) is 0 Å². The Balaban J connectivity index is 2.77. The first kappa shape index (κ1) is 7.03. The Labute approximate surface area is 69.7 Å². The van der Waals surface area contributed by atoms with E-state index < -0.39 is 0 Å². The molecule has 2 heterocycles. The zero-order valence-corrected chi connectivity index (χ0v) is 6.69. The van der Waals surface area contributed by atoms with Gasteiger partial charge in [-0.1, -0.05) is 0 Å². The van der Waals surface area contributed by atoms with E-state index in [1.54, 1.807) is 18.3 Å². The minimum absolute atomic E-state index is 0.660. The molecule has 2 rings (SSSR count). The normalized spacial score (nSPS) is 10.4. The molecule has 2 aromatic rings. The van der Waals surface area contributed by atoms with Crippen LogP contribution in [0.5, 0.6) is 0 Å². The van der Waals surface area contributed by atoms with Gasteiger partial charge in [-0.3, -0.25) is 4.79 Å². The molecule has 0 saturated heterocycles. The molecule has 0 N–H and O–H groups in total. The SMILES string of the molecule is Cc1cnc2cc(C=O)ccn12. The number of hydrogen-bond donors (Lipinski definition) is 0. The Morgan fingerprint density at radius 2 is 2.42 bits per heavy atom. The van der Waals surface area contributed by atoms with Crippen LogP contribution in [0.15, 0.2) is 24.5 Å². The standard InChI is InChI=1S/C9H8N2O/c1-7-5-10-9-4-8(6-12)2-3-11(7)9/h2-6H,1H3. The molecule has 12 heavy (non-hydrogen) atoms. The average molecular weight is 160 g/mol. The van der Waals surface area contributed by atoms with Gasteiger partial charge in [0.25, 0.3) is 0 Å². The Bertz CT molecular complexity index is 431. The van der Waals surface area contributed by atoms with Gasteiger partial charge in [-0.25, -0.2) is 4.98 Å². The van der Waals surface area contributed by atoms with Crippen LogP contribution in [-0.2, 0) is 0 Å². The number of rotatable bonds is 1. The molecular weight excluding hydrogens is 152 g/mol. The van der Waals surface area contributed by atoms with Crippen molar-refractivity contribution in [2.45, 2.75) is 6.92 Å². The lowest BCUT2D eigenvalue weighted by Crippen LogP contribution is -1.88. The maximum Gasteiger partial charge on any atom is 0.150 e. The molecule has 0 aliphatic rings. The van der Waals surface area contributed by atoms with E-state index >= 15 is 0 Å². The Kier molecular flexibility index (Phi) is 1.43. The number of pyridine rings is 1. The van der Waals surface area contributed by atoms with Crippen LogP contribution in [0.4, 0.5) is 0 Å². The third-order valence-corrected chi connectivity index (χ3v) is 1.86. The number of hydrogen-bond acceptors (Lipinski definition) is 2. The van der Waals surface area contributed by atoms with Gasteiger partial charge in [0, 0.05) is 23.7 Å². The summed E-state index contributed by atoms with van der Waals surface area (Å²) in [7, 11) is 0. The molecule has 0 aliphatic heterocycles. The highest BCUT2D eigenvalue weighted by Gasteiger charge is 1.98. The molecule has 0 amide bonds. The van der Waals surface area contributed by atoms with E-state index in [9.17, 15) is 4.79 Å². The summed E-state index contributed by atoms with van der Waals surface area (Å²) in [5.41, 5.74) is 2.55. The monoisotopic (exact) mass is 160 g/mol. The molecule has 0 aromatic carbocycles. The third-order valence-electron chi connectivity index (χ3n) is 1.86. The highest BCUT2D eigenvalue weighted by molar-refractivity contribution is 5.76. The summed E-state index contributed by atoms with van der Waals surface area (Å²) in [5, 5.41) is 0. The highest BCUT2D eigenvalue weighted by atomic mass is 16.1. The number of carbonyl (C=O) groups is 1. The Morgan fingerprint density at radius 3 is 3.17 bits per heavy atom. The van der Waals surface area contributed by atoms with Gasteiger partial charge < -0.3 is 4.40 Å². The van der Waals surface area contributed by atoms with Crippen molar-refractivity contribution in [3.8, 4) is 0 Å². The van der Waals surface area contributed by atoms with Gasteiger partial charge in [0.1, 0.15) is 11.9 Å². The molecule has 0 aliphatic carbocycles. The number of imidazole rings is 1. The van der Waals surface area contributed by atoms with Gasteiger partial charge in [0.15, 0.2) is 0 Å². The summed E-state index contributed by atoms with van der Waals surface area (Å²) in [5.74, 6) is 0. The first-order valence-electron chi connectivity index (χ1n) is 3.70. The zero-order valence-electron chi connectivity index (χ0n) is 6.69. The van der Waals surface area contributed by atoms with Gasteiger partial charge >= 0.3 is 0 Å². The lowest BCUT2D eigenvalue weighted by Gasteiger charge is -1.95. The fourth-order valence-corrected chi connectivity index (χ4v) is 1.20. The van der Waals surface area contributed by atoms with Crippen molar-refractivity contribution in [2.24, 2.45) is 0 Å². The summed E-state index contributed by atoms with van der Waals surface area (Å²) in [6.45, 7) is 1.97. The molecule has 2 aromatic heterocycles. The van der Waals surface area contributed by atoms with Gasteiger partial charge in [-0.05, 0) is 19.1 Å². The lowest BCUT2D eigenvalue weighted by molar-refractivity contribution is 0.112. The summed E-state index contributed by atoms with van der Waals surface area (Å²) >= 11 is 0. The largest absolute Gasteiger partial charge is 0.304 e. The van der Waals surface area contributed by atoms with E-state index in [4.69, 9.17) is 0 Å². The van der Waals surface area contributed by atoms with Crippen LogP contribution < -0.4 is 0 Å². The molecule has 0 atom stereocenters. The molecule has 3 nitrogen and oxygen atoms in total. The number of aromatic nitrogens is 2.